The van der Waals surface area contributed by atoms with Gasteiger partial charge in [0.15, 0.2) is 0 Å². The van der Waals surface area contributed by atoms with Crippen LogP contribution in [0.3, 0.4) is 0 Å². The van der Waals surface area contributed by atoms with Crippen LogP contribution in [-0.4, -0.2) is 27.5 Å². The predicted molar refractivity (Wildman–Crippen MR) is 109 cm³/mol. The maximum absolute atomic E-state index is 4.50. The molecule has 0 saturated carbocycles. The first-order valence-corrected chi connectivity index (χ1v) is 9.67. The largest absolute Gasteiger partial charge is 0.342 e. The van der Waals surface area contributed by atoms with E-state index in [1.54, 1.807) is 5.56 Å². The van der Waals surface area contributed by atoms with Crippen LogP contribution in [0.1, 0.15) is 47.8 Å². The molecule has 136 valence electrons. The summed E-state index contributed by atoms with van der Waals surface area (Å²) >= 11 is 0. The van der Waals surface area contributed by atoms with E-state index in [0.29, 0.717) is 12.0 Å². The smallest absolute Gasteiger partial charge is 0.0486 e. The Labute approximate surface area is 156 Å². The summed E-state index contributed by atoms with van der Waals surface area (Å²) in [4.78, 5) is 6.97. The van der Waals surface area contributed by atoms with Crippen molar-refractivity contribution in [1.82, 2.24) is 14.5 Å². The molecule has 0 amide bonds. The Morgan fingerprint density at radius 3 is 2.73 bits per heavy atom. The van der Waals surface area contributed by atoms with Crippen molar-refractivity contribution in [3.05, 3.63) is 64.6 Å². The molecule has 0 N–H and O–H groups in total. The molecule has 1 aliphatic rings. The summed E-state index contributed by atoms with van der Waals surface area (Å²) in [7, 11) is 2.24. The van der Waals surface area contributed by atoms with Crippen LogP contribution in [-0.2, 0) is 19.5 Å². The zero-order valence-electron chi connectivity index (χ0n) is 16.6. The number of aromatic nitrogens is 2. The third-order valence-corrected chi connectivity index (χ3v) is 6.05. The highest BCUT2D eigenvalue weighted by Crippen LogP contribution is 2.34. The normalized spacial score (nSPS) is 18.9. The van der Waals surface area contributed by atoms with Crippen molar-refractivity contribution in [3.63, 3.8) is 0 Å². The highest BCUT2D eigenvalue weighted by atomic mass is 15.2. The molecule has 0 fully saturated rings. The number of hydrogen-bond acceptors (Lipinski definition) is 2. The number of aryl methyl sites for hydroxylation is 2. The second kappa shape index (κ2) is 6.55. The maximum Gasteiger partial charge on any atom is 0.0486 e. The fourth-order valence-corrected chi connectivity index (χ4v) is 4.20. The van der Waals surface area contributed by atoms with Gasteiger partial charge in [-0.3, -0.25) is 9.88 Å². The first-order valence-electron chi connectivity index (χ1n) is 9.67. The van der Waals surface area contributed by atoms with Gasteiger partial charge < -0.3 is 4.57 Å². The summed E-state index contributed by atoms with van der Waals surface area (Å²) in [6.07, 6.45) is 3.18. The van der Waals surface area contributed by atoms with Gasteiger partial charge in [0, 0.05) is 53.5 Å². The number of likely N-dealkylation sites (N-methyl/N-ethyl adjacent to an activating group) is 1. The van der Waals surface area contributed by atoms with Gasteiger partial charge in [-0.15, -0.1) is 0 Å². The molecule has 1 aliphatic heterocycles. The van der Waals surface area contributed by atoms with Crippen LogP contribution < -0.4 is 0 Å². The van der Waals surface area contributed by atoms with Gasteiger partial charge in [0.25, 0.3) is 0 Å². The highest BCUT2D eigenvalue weighted by Gasteiger charge is 2.27. The van der Waals surface area contributed by atoms with Crippen LogP contribution in [0, 0.1) is 13.8 Å². The zero-order chi connectivity index (χ0) is 18.4. The van der Waals surface area contributed by atoms with Crippen molar-refractivity contribution in [2.45, 2.75) is 59.2 Å². The monoisotopic (exact) mass is 347 g/mol. The van der Waals surface area contributed by atoms with Crippen molar-refractivity contribution in [3.8, 4) is 0 Å². The Bertz CT molecular complexity index is 936. The van der Waals surface area contributed by atoms with Crippen LogP contribution in [0.4, 0.5) is 0 Å². The van der Waals surface area contributed by atoms with E-state index in [9.17, 15) is 0 Å². The highest BCUT2D eigenvalue weighted by molar-refractivity contribution is 5.86. The van der Waals surface area contributed by atoms with Gasteiger partial charge in [-0.05, 0) is 63.6 Å². The van der Waals surface area contributed by atoms with Gasteiger partial charge in [-0.2, -0.15) is 0 Å². The van der Waals surface area contributed by atoms with E-state index < -0.39 is 0 Å². The lowest BCUT2D eigenvalue weighted by Gasteiger charge is -2.31. The molecular weight excluding hydrogens is 318 g/mol. The lowest BCUT2D eigenvalue weighted by atomic mass is 9.97. The van der Waals surface area contributed by atoms with E-state index in [4.69, 9.17) is 0 Å². The SMILES string of the molecule is Cc1ccc2c(c1)c1c(n2CC(C)c2ccc(C)nc2)CN(C)C(C)C1. The van der Waals surface area contributed by atoms with Gasteiger partial charge in [0.1, 0.15) is 0 Å². The number of nitrogens with zero attached hydrogens (tertiary/aromatic N) is 3. The van der Waals surface area contributed by atoms with Crippen LogP contribution in [0.5, 0.6) is 0 Å². The van der Waals surface area contributed by atoms with Crippen molar-refractivity contribution in [2.24, 2.45) is 0 Å². The van der Waals surface area contributed by atoms with Crippen molar-refractivity contribution in [2.75, 3.05) is 7.05 Å². The van der Waals surface area contributed by atoms with E-state index in [-0.39, 0.29) is 0 Å². The third kappa shape index (κ3) is 2.95. The third-order valence-electron chi connectivity index (χ3n) is 6.05. The fourth-order valence-electron chi connectivity index (χ4n) is 4.20. The van der Waals surface area contributed by atoms with Crippen LogP contribution in [0.15, 0.2) is 36.5 Å². The van der Waals surface area contributed by atoms with Crippen LogP contribution in [0.2, 0.25) is 0 Å². The molecular formula is C23H29N3. The Kier molecular flexibility index (Phi) is 4.36. The summed E-state index contributed by atoms with van der Waals surface area (Å²) in [5, 5.41) is 1.45. The van der Waals surface area contributed by atoms with E-state index in [0.717, 1.165) is 25.2 Å². The Morgan fingerprint density at radius 1 is 1.19 bits per heavy atom. The molecule has 3 aromatic rings. The molecule has 0 spiro atoms. The molecule has 0 aliphatic carbocycles. The number of rotatable bonds is 3. The Hall–Kier alpha value is -2.13. The molecule has 1 aromatic carbocycles. The minimum Gasteiger partial charge on any atom is -0.342 e. The molecule has 3 nitrogen and oxygen atoms in total. The molecule has 0 saturated heterocycles. The first kappa shape index (κ1) is 17.3. The second-order valence-electron chi connectivity index (χ2n) is 8.16. The number of fused-ring (bicyclic) bond motifs is 3. The van der Waals surface area contributed by atoms with Crippen molar-refractivity contribution >= 4 is 10.9 Å². The Balaban J connectivity index is 1.79. The van der Waals surface area contributed by atoms with Crippen molar-refractivity contribution < 1.29 is 0 Å². The van der Waals surface area contributed by atoms with Gasteiger partial charge in [-0.25, -0.2) is 0 Å². The minimum absolute atomic E-state index is 0.439. The Morgan fingerprint density at radius 2 is 2.00 bits per heavy atom. The number of benzene rings is 1. The van der Waals surface area contributed by atoms with E-state index >= 15 is 0 Å². The quantitative estimate of drug-likeness (QED) is 0.676. The van der Waals surface area contributed by atoms with Crippen LogP contribution >= 0.6 is 0 Å². The number of hydrogen-bond donors (Lipinski definition) is 0. The summed E-state index contributed by atoms with van der Waals surface area (Å²) in [6, 6.07) is 11.9. The van der Waals surface area contributed by atoms with Crippen LogP contribution in [0.25, 0.3) is 10.9 Å². The molecule has 2 aromatic heterocycles. The van der Waals surface area contributed by atoms with Gasteiger partial charge in [0.2, 0.25) is 0 Å². The lowest BCUT2D eigenvalue weighted by molar-refractivity contribution is 0.224. The molecule has 2 atom stereocenters. The van der Waals surface area contributed by atoms with E-state index in [1.807, 2.05) is 13.1 Å². The molecule has 0 radical (unpaired) electrons. The molecule has 2 unspecified atom stereocenters. The second-order valence-corrected chi connectivity index (χ2v) is 8.16. The zero-order valence-corrected chi connectivity index (χ0v) is 16.6. The topological polar surface area (TPSA) is 21.1 Å². The standard InChI is InChI=1S/C23H29N3/c1-15-6-9-22-20(10-15)21-11-18(4)25(5)14-23(21)26(22)13-16(2)19-8-7-17(3)24-12-19/h6-10,12,16,18H,11,13-14H2,1-5H3. The summed E-state index contributed by atoms with van der Waals surface area (Å²) < 4.78 is 2.57. The summed E-state index contributed by atoms with van der Waals surface area (Å²) in [5.74, 6) is 0.439. The molecule has 3 heteroatoms. The van der Waals surface area contributed by atoms with Gasteiger partial charge in [-0.1, -0.05) is 24.6 Å². The first-order chi connectivity index (χ1) is 12.4. The molecule has 26 heavy (non-hydrogen) atoms. The van der Waals surface area contributed by atoms with Crippen molar-refractivity contribution in [1.29, 1.82) is 0 Å². The predicted octanol–water partition coefficient (Wildman–Crippen LogP) is 4.83. The van der Waals surface area contributed by atoms with E-state index in [2.05, 4.69) is 72.6 Å². The van der Waals surface area contributed by atoms with E-state index in [1.165, 1.54) is 27.7 Å². The summed E-state index contributed by atoms with van der Waals surface area (Å²) in [6.45, 7) is 10.9. The fraction of sp³-hybridized carbons (Fsp3) is 0.435. The molecule has 3 heterocycles. The van der Waals surface area contributed by atoms with Gasteiger partial charge in [0.05, 0.1) is 0 Å². The van der Waals surface area contributed by atoms with Gasteiger partial charge >= 0.3 is 0 Å². The molecule has 4 rings (SSSR count). The maximum atomic E-state index is 4.50. The lowest BCUT2D eigenvalue weighted by Crippen LogP contribution is -2.35. The minimum atomic E-state index is 0.439. The summed E-state index contributed by atoms with van der Waals surface area (Å²) in [5.41, 5.74) is 8.18. The average Bonchev–Trinajstić information content (AvgIpc) is 2.88. The molecule has 0 bridgehead atoms. The number of pyridine rings is 1. The average molecular weight is 348 g/mol.